The Balaban J connectivity index is 0.000000172. The van der Waals surface area contributed by atoms with Crippen LogP contribution in [0.2, 0.25) is 0 Å². The highest BCUT2D eigenvalue weighted by Crippen LogP contribution is 2.43. The minimum Gasteiger partial charge on any atom is -0.478 e. The molecule has 0 atom stereocenters. The number of anilines is 2. The first kappa shape index (κ1) is 36.1. The lowest BCUT2D eigenvalue weighted by Crippen LogP contribution is -2.06. The summed E-state index contributed by atoms with van der Waals surface area (Å²) in [5.74, 6) is -4.02. The molecule has 8 rings (SSSR count). The lowest BCUT2D eigenvalue weighted by atomic mass is 9.89. The molecule has 2 aliphatic heterocycles. The van der Waals surface area contributed by atoms with Crippen molar-refractivity contribution in [3.63, 3.8) is 0 Å². The summed E-state index contributed by atoms with van der Waals surface area (Å²) in [6.07, 6.45) is 0. The van der Waals surface area contributed by atoms with Gasteiger partial charge in [-0.05, 0) is 90.0 Å². The maximum absolute atomic E-state index is 11.9. The van der Waals surface area contributed by atoms with Crippen LogP contribution in [0.5, 0.6) is 0 Å². The quantitative estimate of drug-likeness (QED) is 0.0613. The van der Waals surface area contributed by atoms with Gasteiger partial charge in [-0.25, -0.2) is 19.2 Å². The number of carbonyl (C=O) groups is 4. The standard InChI is InChI=1S/2C21H14N2O5/c22-11-2-5-14-17(8-11)28-18-9-12(23)3-6-15(18)19(14)16-7-10(20(24)25)1-4-13(16)21(26)27;22-11-2-5-14-17(8-11)28-18-9-12(23)3-6-15(18)19(14)13-4-1-10(20(24)25)7-16(13)21(26)27/h2*1-9,22H,23H2,(H,24,25)(H,26,27). The molecule has 0 spiro atoms. The molecule has 56 heavy (non-hydrogen) atoms. The van der Waals surface area contributed by atoms with Gasteiger partial charge in [0, 0.05) is 68.7 Å². The molecule has 0 radical (unpaired) electrons. The first-order valence-corrected chi connectivity index (χ1v) is 16.5. The normalized spacial score (nSPS) is 11.0. The molecule has 14 heteroatoms. The summed E-state index contributed by atoms with van der Waals surface area (Å²) in [5.41, 5.74) is 16.0. The Bertz CT molecular complexity index is 3020. The lowest BCUT2D eigenvalue weighted by Gasteiger charge is -2.17. The van der Waals surface area contributed by atoms with E-state index in [1.807, 2.05) is 0 Å². The van der Waals surface area contributed by atoms with Crippen molar-refractivity contribution in [1.29, 1.82) is 10.8 Å². The minimum absolute atomic E-state index is 0.0327. The summed E-state index contributed by atoms with van der Waals surface area (Å²) in [5, 5.41) is 55.3. The molecule has 0 unspecified atom stereocenters. The van der Waals surface area contributed by atoms with E-state index in [1.165, 1.54) is 42.5 Å². The molecule has 0 aromatic heterocycles. The molecule has 4 aromatic rings. The number of rotatable bonds is 6. The number of carboxylic acid groups (broad SMARTS) is 4. The molecular weight excluding hydrogens is 720 g/mol. The topological polar surface area (TPSA) is 275 Å². The molecule has 0 amide bonds. The van der Waals surface area contributed by atoms with E-state index in [9.17, 15) is 39.6 Å². The molecule has 0 bridgehead atoms. The Kier molecular flexibility index (Phi) is 8.99. The zero-order valence-electron chi connectivity index (χ0n) is 28.8. The van der Waals surface area contributed by atoms with Gasteiger partial charge in [0.2, 0.25) is 0 Å². The van der Waals surface area contributed by atoms with Crippen molar-refractivity contribution < 1.29 is 48.4 Å². The Morgan fingerprint density at radius 3 is 1.38 bits per heavy atom. The molecule has 4 aliphatic rings. The third kappa shape index (κ3) is 6.60. The maximum Gasteiger partial charge on any atom is 0.336 e. The lowest BCUT2D eigenvalue weighted by molar-refractivity contribution is 0.0682. The van der Waals surface area contributed by atoms with Crippen molar-refractivity contribution in [3.8, 4) is 44.9 Å². The van der Waals surface area contributed by atoms with E-state index in [0.717, 1.165) is 6.07 Å². The summed E-state index contributed by atoms with van der Waals surface area (Å²) in [6.45, 7) is 0. The van der Waals surface area contributed by atoms with Gasteiger partial charge in [0.05, 0.1) is 33.0 Å². The molecular formula is C42H28N4O10. The highest BCUT2D eigenvalue weighted by molar-refractivity contribution is 6.10. The number of nitrogens with two attached hydrogens (primary N) is 2. The van der Waals surface area contributed by atoms with Gasteiger partial charge in [-0.2, -0.15) is 0 Å². The summed E-state index contributed by atoms with van der Waals surface area (Å²) < 4.78 is 11.8. The largest absolute Gasteiger partial charge is 0.478 e. The van der Waals surface area contributed by atoms with Crippen LogP contribution in [-0.4, -0.2) is 44.3 Å². The first-order chi connectivity index (χ1) is 26.7. The van der Waals surface area contributed by atoms with Crippen molar-refractivity contribution in [2.75, 3.05) is 11.5 Å². The number of aromatic carboxylic acids is 4. The van der Waals surface area contributed by atoms with Crippen LogP contribution >= 0.6 is 0 Å². The number of hydrogen-bond donors (Lipinski definition) is 8. The molecule has 14 nitrogen and oxygen atoms in total. The Morgan fingerprint density at radius 1 is 0.446 bits per heavy atom. The Morgan fingerprint density at radius 2 is 0.893 bits per heavy atom. The van der Waals surface area contributed by atoms with Crippen LogP contribution in [0.1, 0.15) is 41.4 Å². The van der Waals surface area contributed by atoms with Crippen molar-refractivity contribution in [2.24, 2.45) is 0 Å². The second-order valence-electron chi connectivity index (χ2n) is 12.6. The fourth-order valence-corrected chi connectivity index (χ4v) is 6.54. The SMILES string of the molecule is N=c1ccc2c(-c3cc(C(=O)O)ccc3C(=O)O)c3ccc(N)cc3oc-2c1.N=c1ccc2c(-c3ccc(C(=O)O)cc3C(=O)O)c3ccc(N)cc3oc-2c1. The predicted molar refractivity (Wildman–Crippen MR) is 205 cm³/mol. The molecule has 0 saturated carbocycles. The fraction of sp³-hybridized carbons (Fsp3) is 0. The third-order valence-electron chi connectivity index (χ3n) is 9.02. The maximum atomic E-state index is 11.9. The molecule has 4 aromatic carbocycles. The van der Waals surface area contributed by atoms with E-state index in [1.54, 1.807) is 60.7 Å². The summed E-state index contributed by atoms with van der Waals surface area (Å²) in [7, 11) is 0. The van der Waals surface area contributed by atoms with Crippen LogP contribution < -0.4 is 22.2 Å². The van der Waals surface area contributed by atoms with Crippen molar-refractivity contribution >= 4 is 57.2 Å². The van der Waals surface area contributed by atoms with Crippen molar-refractivity contribution in [2.45, 2.75) is 0 Å². The van der Waals surface area contributed by atoms with E-state index in [2.05, 4.69) is 0 Å². The zero-order valence-corrected chi connectivity index (χ0v) is 28.8. The van der Waals surface area contributed by atoms with Crippen LogP contribution in [0.25, 0.3) is 66.8 Å². The Hall–Kier alpha value is -8.26. The van der Waals surface area contributed by atoms with E-state index in [-0.39, 0.29) is 38.5 Å². The van der Waals surface area contributed by atoms with Crippen LogP contribution in [0.4, 0.5) is 11.4 Å². The summed E-state index contributed by atoms with van der Waals surface area (Å²) >= 11 is 0. The molecule has 2 heterocycles. The zero-order chi connectivity index (χ0) is 40.0. The van der Waals surface area contributed by atoms with Gasteiger partial charge in [-0.1, -0.05) is 6.07 Å². The van der Waals surface area contributed by atoms with E-state index < -0.39 is 23.9 Å². The van der Waals surface area contributed by atoms with E-state index in [0.29, 0.717) is 72.7 Å². The van der Waals surface area contributed by atoms with Crippen LogP contribution in [0.15, 0.2) is 118 Å². The predicted octanol–water partition coefficient (Wildman–Crippen LogP) is 7.33. The first-order valence-electron chi connectivity index (χ1n) is 16.5. The third-order valence-corrected chi connectivity index (χ3v) is 9.02. The van der Waals surface area contributed by atoms with Crippen LogP contribution in [0.3, 0.4) is 0 Å². The molecule has 276 valence electrons. The molecule has 10 N–H and O–H groups in total. The van der Waals surface area contributed by atoms with Gasteiger partial charge in [0.1, 0.15) is 22.7 Å². The number of benzene rings is 6. The number of hydrogen-bond acceptors (Lipinski definition) is 10. The summed E-state index contributed by atoms with van der Waals surface area (Å²) in [4.78, 5) is 46.5. The molecule has 0 fully saturated rings. The average molecular weight is 749 g/mol. The number of fused-ring (bicyclic) bond motifs is 4. The van der Waals surface area contributed by atoms with Crippen LogP contribution in [-0.2, 0) is 0 Å². The van der Waals surface area contributed by atoms with Gasteiger partial charge in [-0.3, -0.25) is 0 Å². The van der Waals surface area contributed by atoms with Gasteiger partial charge in [0.15, 0.2) is 0 Å². The van der Waals surface area contributed by atoms with Crippen molar-refractivity contribution in [3.05, 3.63) is 142 Å². The minimum atomic E-state index is -1.24. The van der Waals surface area contributed by atoms with Gasteiger partial charge >= 0.3 is 23.9 Å². The van der Waals surface area contributed by atoms with Gasteiger partial charge in [-0.15, -0.1) is 0 Å². The smallest absolute Gasteiger partial charge is 0.336 e. The van der Waals surface area contributed by atoms with Gasteiger partial charge in [0.25, 0.3) is 0 Å². The summed E-state index contributed by atoms with van der Waals surface area (Å²) in [6, 6.07) is 27.4. The van der Waals surface area contributed by atoms with Crippen LogP contribution in [0, 0.1) is 10.8 Å². The Labute approximate surface area is 314 Å². The molecule has 2 aliphatic carbocycles. The fourth-order valence-electron chi connectivity index (χ4n) is 6.54. The monoisotopic (exact) mass is 748 g/mol. The highest BCUT2D eigenvalue weighted by atomic mass is 16.4. The number of nitrogens with one attached hydrogen (secondary N) is 2. The van der Waals surface area contributed by atoms with E-state index in [4.69, 9.17) is 31.1 Å². The van der Waals surface area contributed by atoms with E-state index >= 15 is 0 Å². The second kappa shape index (κ2) is 13.9. The number of carboxylic acids is 4. The van der Waals surface area contributed by atoms with Crippen molar-refractivity contribution in [1.82, 2.24) is 0 Å². The van der Waals surface area contributed by atoms with Gasteiger partial charge < -0.3 is 51.5 Å². The average Bonchev–Trinajstić information content (AvgIpc) is 3.15. The highest BCUT2D eigenvalue weighted by Gasteiger charge is 2.24. The molecule has 0 saturated heterocycles. The second-order valence-corrected chi connectivity index (χ2v) is 12.6. The number of nitrogen functional groups attached to an aromatic ring is 2.